The maximum absolute atomic E-state index is 11.9. The van der Waals surface area contributed by atoms with Gasteiger partial charge in [0.2, 0.25) is 0 Å². The Balaban J connectivity index is 1.64. The normalized spacial score (nSPS) is 10.8. The van der Waals surface area contributed by atoms with Crippen LogP contribution in [0.5, 0.6) is 5.75 Å². The molecule has 2 nitrogen and oxygen atoms in total. The highest BCUT2D eigenvalue weighted by Crippen LogP contribution is 2.20. The molecule has 0 bridgehead atoms. The molecule has 124 valence electrons. The lowest BCUT2D eigenvalue weighted by Crippen LogP contribution is -2.03. The SMILES string of the molecule is Cc1ccc(OC(=O)/C=C/c2ccc(-c3ccc(C)cc3)cc2)cc1. The number of carbonyl (C=O) groups is 1. The van der Waals surface area contributed by atoms with Crippen molar-refractivity contribution in [3.8, 4) is 16.9 Å². The van der Waals surface area contributed by atoms with Gasteiger partial charge in [0.15, 0.2) is 0 Å². The molecule has 0 N–H and O–H groups in total. The minimum absolute atomic E-state index is 0.383. The topological polar surface area (TPSA) is 26.3 Å². The fraction of sp³-hybridized carbons (Fsp3) is 0.0870. The molecule has 0 unspecified atom stereocenters. The van der Waals surface area contributed by atoms with Gasteiger partial charge in [0.1, 0.15) is 5.75 Å². The highest BCUT2D eigenvalue weighted by molar-refractivity contribution is 5.88. The number of hydrogen-bond donors (Lipinski definition) is 0. The van der Waals surface area contributed by atoms with Crippen LogP contribution in [-0.4, -0.2) is 5.97 Å². The smallest absolute Gasteiger partial charge is 0.336 e. The summed E-state index contributed by atoms with van der Waals surface area (Å²) in [5.41, 5.74) is 5.66. The van der Waals surface area contributed by atoms with Crippen molar-refractivity contribution in [2.45, 2.75) is 13.8 Å². The highest BCUT2D eigenvalue weighted by atomic mass is 16.5. The van der Waals surface area contributed by atoms with E-state index in [9.17, 15) is 4.79 Å². The molecule has 0 spiro atoms. The summed E-state index contributed by atoms with van der Waals surface area (Å²) in [6.07, 6.45) is 3.20. The van der Waals surface area contributed by atoms with Gasteiger partial charge in [0.25, 0.3) is 0 Å². The maximum Gasteiger partial charge on any atom is 0.336 e. The molecule has 0 fully saturated rings. The van der Waals surface area contributed by atoms with E-state index in [2.05, 4.69) is 43.3 Å². The van der Waals surface area contributed by atoms with Crippen LogP contribution in [0.2, 0.25) is 0 Å². The zero-order valence-corrected chi connectivity index (χ0v) is 14.4. The summed E-state index contributed by atoms with van der Waals surface area (Å²) < 4.78 is 5.27. The zero-order chi connectivity index (χ0) is 17.6. The van der Waals surface area contributed by atoms with Gasteiger partial charge in [-0.05, 0) is 48.7 Å². The first-order valence-corrected chi connectivity index (χ1v) is 8.24. The second-order valence-corrected chi connectivity index (χ2v) is 6.06. The van der Waals surface area contributed by atoms with Gasteiger partial charge in [-0.2, -0.15) is 0 Å². The Labute approximate surface area is 148 Å². The van der Waals surface area contributed by atoms with E-state index >= 15 is 0 Å². The lowest BCUT2D eigenvalue weighted by Gasteiger charge is -2.03. The van der Waals surface area contributed by atoms with Gasteiger partial charge < -0.3 is 4.74 Å². The summed E-state index contributed by atoms with van der Waals surface area (Å²) in [4.78, 5) is 11.9. The van der Waals surface area contributed by atoms with Crippen LogP contribution in [0.25, 0.3) is 17.2 Å². The lowest BCUT2D eigenvalue weighted by atomic mass is 10.0. The first-order valence-electron chi connectivity index (χ1n) is 8.24. The van der Waals surface area contributed by atoms with Crippen molar-refractivity contribution in [1.82, 2.24) is 0 Å². The van der Waals surface area contributed by atoms with Crippen LogP contribution < -0.4 is 4.74 Å². The average molecular weight is 328 g/mol. The van der Waals surface area contributed by atoms with E-state index in [-0.39, 0.29) is 5.97 Å². The molecule has 0 heterocycles. The maximum atomic E-state index is 11.9. The number of carbonyl (C=O) groups excluding carboxylic acids is 1. The van der Waals surface area contributed by atoms with Crippen LogP contribution in [0.15, 0.2) is 78.9 Å². The van der Waals surface area contributed by atoms with Crippen LogP contribution >= 0.6 is 0 Å². The van der Waals surface area contributed by atoms with Gasteiger partial charge in [-0.25, -0.2) is 4.79 Å². The van der Waals surface area contributed by atoms with E-state index in [1.165, 1.54) is 17.2 Å². The third kappa shape index (κ3) is 4.67. The van der Waals surface area contributed by atoms with Crippen molar-refractivity contribution in [2.75, 3.05) is 0 Å². The number of aryl methyl sites for hydroxylation is 2. The monoisotopic (exact) mass is 328 g/mol. The third-order valence-corrected chi connectivity index (χ3v) is 3.95. The zero-order valence-electron chi connectivity index (χ0n) is 14.4. The van der Waals surface area contributed by atoms with Crippen molar-refractivity contribution in [1.29, 1.82) is 0 Å². The quantitative estimate of drug-likeness (QED) is 0.354. The molecule has 0 atom stereocenters. The molecule has 0 amide bonds. The summed E-state index contributed by atoms with van der Waals surface area (Å²) >= 11 is 0. The van der Waals surface area contributed by atoms with E-state index in [4.69, 9.17) is 4.74 Å². The molecule has 0 aliphatic carbocycles. The molecule has 0 aliphatic rings. The van der Waals surface area contributed by atoms with E-state index in [0.717, 1.165) is 16.7 Å². The number of benzene rings is 3. The first-order chi connectivity index (χ1) is 12.1. The third-order valence-electron chi connectivity index (χ3n) is 3.95. The van der Waals surface area contributed by atoms with E-state index in [1.54, 1.807) is 18.2 Å². The Bertz CT molecular complexity index is 871. The first kappa shape index (κ1) is 16.7. The average Bonchev–Trinajstić information content (AvgIpc) is 2.63. The fourth-order valence-corrected chi connectivity index (χ4v) is 2.45. The molecule has 0 saturated heterocycles. The minimum Gasteiger partial charge on any atom is -0.423 e. The van der Waals surface area contributed by atoms with Gasteiger partial charge in [-0.3, -0.25) is 0 Å². The van der Waals surface area contributed by atoms with E-state index in [1.807, 2.05) is 31.2 Å². The van der Waals surface area contributed by atoms with Crippen LogP contribution in [0.1, 0.15) is 16.7 Å². The van der Waals surface area contributed by atoms with Crippen LogP contribution in [0.3, 0.4) is 0 Å². The van der Waals surface area contributed by atoms with Crippen LogP contribution in [0, 0.1) is 13.8 Å². The summed E-state index contributed by atoms with van der Waals surface area (Å²) in [6, 6.07) is 23.9. The molecule has 0 aromatic heterocycles. The Hall–Kier alpha value is -3.13. The molecule has 0 saturated carbocycles. The van der Waals surface area contributed by atoms with Crippen molar-refractivity contribution < 1.29 is 9.53 Å². The molecular weight excluding hydrogens is 308 g/mol. The number of ether oxygens (including phenoxy) is 1. The predicted molar refractivity (Wildman–Crippen MR) is 102 cm³/mol. The molecule has 2 heteroatoms. The Morgan fingerprint density at radius 2 is 1.20 bits per heavy atom. The van der Waals surface area contributed by atoms with Gasteiger partial charge >= 0.3 is 5.97 Å². The molecule has 25 heavy (non-hydrogen) atoms. The number of rotatable bonds is 4. The predicted octanol–water partition coefficient (Wildman–Crippen LogP) is 5.59. The summed E-state index contributed by atoms with van der Waals surface area (Å²) in [6.45, 7) is 4.07. The summed E-state index contributed by atoms with van der Waals surface area (Å²) in [7, 11) is 0. The molecule has 0 aliphatic heterocycles. The van der Waals surface area contributed by atoms with Crippen molar-refractivity contribution in [3.05, 3.63) is 95.6 Å². The molecule has 3 rings (SSSR count). The van der Waals surface area contributed by atoms with Gasteiger partial charge in [0, 0.05) is 6.08 Å². The largest absolute Gasteiger partial charge is 0.423 e. The minimum atomic E-state index is -0.383. The second kappa shape index (κ2) is 7.63. The molecule has 3 aromatic rings. The van der Waals surface area contributed by atoms with Crippen LogP contribution in [-0.2, 0) is 4.79 Å². The fourth-order valence-electron chi connectivity index (χ4n) is 2.45. The summed E-state index contributed by atoms with van der Waals surface area (Å²) in [5, 5.41) is 0. The van der Waals surface area contributed by atoms with Crippen molar-refractivity contribution in [2.24, 2.45) is 0 Å². The van der Waals surface area contributed by atoms with Gasteiger partial charge in [-0.15, -0.1) is 0 Å². The Kier molecular flexibility index (Phi) is 5.10. The number of esters is 1. The Morgan fingerprint density at radius 3 is 1.76 bits per heavy atom. The highest BCUT2D eigenvalue weighted by Gasteiger charge is 2.01. The molecule has 3 aromatic carbocycles. The van der Waals surface area contributed by atoms with Crippen LogP contribution in [0.4, 0.5) is 0 Å². The lowest BCUT2D eigenvalue weighted by molar-refractivity contribution is -0.128. The van der Waals surface area contributed by atoms with Gasteiger partial charge in [0.05, 0.1) is 0 Å². The Morgan fingerprint density at radius 1 is 0.720 bits per heavy atom. The second-order valence-electron chi connectivity index (χ2n) is 6.06. The van der Waals surface area contributed by atoms with Crippen molar-refractivity contribution >= 4 is 12.0 Å². The number of hydrogen-bond acceptors (Lipinski definition) is 2. The van der Waals surface area contributed by atoms with E-state index < -0.39 is 0 Å². The van der Waals surface area contributed by atoms with Crippen molar-refractivity contribution in [3.63, 3.8) is 0 Å². The summed E-state index contributed by atoms with van der Waals surface area (Å²) in [5.74, 6) is 0.168. The van der Waals surface area contributed by atoms with E-state index in [0.29, 0.717) is 5.75 Å². The molecular formula is C23H20O2. The molecule has 0 radical (unpaired) electrons. The van der Waals surface area contributed by atoms with Gasteiger partial charge in [-0.1, -0.05) is 71.8 Å². The standard InChI is InChI=1S/C23H20O2/c1-17-3-10-20(11-4-17)21-12-7-19(8-13-21)9-16-23(24)25-22-14-5-18(2)6-15-22/h3-16H,1-2H3/b16-9+.